The summed E-state index contributed by atoms with van der Waals surface area (Å²) in [6.45, 7) is 1.14. The van der Waals surface area contributed by atoms with Gasteiger partial charge in [-0.05, 0) is 18.6 Å². The Hall–Kier alpha value is -2.94. The zero-order valence-corrected chi connectivity index (χ0v) is 11.4. The lowest BCUT2D eigenvalue weighted by Gasteiger charge is -2.07. The van der Waals surface area contributed by atoms with Gasteiger partial charge in [0.2, 0.25) is 0 Å². The second-order valence-corrected chi connectivity index (χ2v) is 4.27. The van der Waals surface area contributed by atoms with E-state index in [9.17, 15) is 4.79 Å². The Labute approximate surface area is 122 Å². The highest BCUT2D eigenvalue weighted by molar-refractivity contribution is 5.94. The van der Waals surface area contributed by atoms with Crippen LogP contribution in [0.4, 0.5) is 5.82 Å². The van der Waals surface area contributed by atoms with Crippen molar-refractivity contribution >= 4 is 11.7 Å². The predicted octanol–water partition coefficient (Wildman–Crippen LogP) is 1.58. The first kappa shape index (κ1) is 14.5. The van der Waals surface area contributed by atoms with E-state index in [1.54, 1.807) is 12.1 Å². The van der Waals surface area contributed by atoms with Crippen molar-refractivity contribution in [1.82, 2.24) is 15.3 Å². The van der Waals surface area contributed by atoms with Crippen LogP contribution in [0.15, 0.2) is 42.7 Å². The maximum absolute atomic E-state index is 11.8. The minimum atomic E-state index is -0.0900. The monoisotopic (exact) mass is 281 g/mol. The Balaban J connectivity index is 1.71. The summed E-state index contributed by atoms with van der Waals surface area (Å²) in [4.78, 5) is 19.7. The summed E-state index contributed by atoms with van der Waals surface area (Å²) in [5.74, 6) is 0.377. The SMILES string of the molecule is N#Cc1nccnc1NCCCNC(=O)c1ccccc1. The van der Waals surface area contributed by atoms with E-state index < -0.39 is 0 Å². The van der Waals surface area contributed by atoms with Gasteiger partial charge in [-0.15, -0.1) is 0 Å². The van der Waals surface area contributed by atoms with Gasteiger partial charge in [0.15, 0.2) is 11.5 Å². The van der Waals surface area contributed by atoms with Crippen molar-refractivity contribution in [2.24, 2.45) is 0 Å². The predicted molar refractivity (Wildman–Crippen MR) is 78.6 cm³/mol. The number of amides is 1. The molecule has 0 aliphatic carbocycles. The van der Waals surface area contributed by atoms with E-state index in [4.69, 9.17) is 5.26 Å². The molecule has 0 aliphatic heterocycles. The number of hydrogen-bond acceptors (Lipinski definition) is 5. The highest BCUT2D eigenvalue weighted by atomic mass is 16.1. The molecule has 0 radical (unpaired) electrons. The molecule has 0 spiro atoms. The van der Waals surface area contributed by atoms with Gasteiger partial charge in [0, 0.05) is 31.0 Å². The molecule has 0 aliphatic rings. The molecule has 0 saturated carbocycles. The summed E-state index contributed by atoms with van der Waals surface area (Å²) in [5.41, 5.74) is 0.914. The van der Waals surface area contributed by atoms with Crippen LogP contribution in [0.1, 0.15) is 22.5 Å². The number of benzene rings is 1. The van der Waals surface area contributed by atoms with Gasteiger partial charge < -0.3 is 10.6 Å². The van der Waals surface area contributed by atoms with Gasteiger partial charge in [0.25, 0.3) is 5.91 Å². The highest BCUT2D eigenvalue weighted by Crippen LogP contribution is 2.05. The van der Waals surface area contributed by atoms with Gasteiger partial charge in [-0.1, -0.05) is 18.2 Å². The zero-order chi connectivity index (χ0) is 14.9. The van der Waals surface area contributed by atoms with Crippen molar-refractivity contribution in [2.75, 3.05) is 18.4 Å². The summed E-state index contributed by atoms with van der Waals surface area (Å²) in [7, 11) is 0. The lowest BCUT2D eigenvalue weighted by Crippen LogP contribution is -2.25. The second kappa shape index (κ2) is 7.60. The molecule has 2 aromatic rings. The number of hydrogen-bond donors (Lipinski definition) is 2. The summed E-state index contributed by atoms with van der Waals surface area (Å²) >= 11 is 0. The molecule has 2 N–H and O–H groups in total. The van der Waals surface area contributed by atoms with Gasteiger partial charge in [-0.25, -0.2) is 9.97 Å². The van der Waals surface area contributed by atoms with E-state index >= 15 is 0 Å². The van der Waals surface area contributed by atoms with Crippen LogP contribution in [-0.4, -0.2) is 29.0 Å². The fourth-order valence-corrected chi connectivity index (χ4v) is 1.74. The molecule has 0 fully saturated rings. The van der Waals surface area contributed by atoms with Crippen molar-refractivity contribution in [3.8, 4) is 6.07 Å². The maximum Gasteiger partial charge on any atom is 0.251 e. The molecule has 106 valence electrons. The molecule has 1 aromatic carbocycles. The van der Waals surface area contributed by atoms with Crippen LogP contribution in [0.3, 0.4) is 0 Å². The third-order valence-corrected chi connectivity index (χ3v) is 2.77. The highest BCUT2D eigenvalue weighted by Gasteiger charge is 2.04. The van der Waals surface area contributed by atoms with Crippen LogP contribution in [0, 0.1) is 11.3 Å². The molecule has 6 nitrogen and oxygen atoms in total. The molecule has 0 unspecified atom stereocenters. The number of carbonyl (C=O) groups is 1. The van der Waals surface area contributed by atoms with Crippen molar-refractivity contribution in [3.63, 3.8) is 0 Å². The number of aromatic nitrogens is 2. The largest absolute Gasteiger partial charge is 0.368 e. The minimum Gasteiger partial charge on any atom is -0.368 e. The van der Waals surface area contributed by atoms with Crippen LogP contribution in [0.5, 0.6) is 0 Å². The first-order valence-corrected chi connectivity index (χ1v) is 6.59. The molecule has 2 rings (SSSR count). The van der Waals surface area contributed by atoms with Crippen LogP contribution < -0.4 is 10.6 Å². The molecule has 0 atom stereocenters. The zero-order valence-electron chi connectivity index (χ0n) is 11.4. The molecule has 0 saturated heterocycles. The number of rotatable bonds is 6. The Morgan fingerprint density at radius 1 is 1.14 bits per heavy atom. The number of anilines is 1. The van der Waals surface area contributed by atoms with Crippen LogP contribution in [0.25, 0.3) is 0 Å². The molecule has 0 bridgehead atoms. The van der Waals surface area contributed by atoms with Crippen molar-refractivity contribution in [2.45, 2.75) is 6.42 Å². The van der Waals surface area contributed by atoms with Gasteiger partial charge >= 0.3 is 0 Å². The summed E-state index contributed by atoms with van der Waals surface area (Å²) in [5, 5.41) is 14.7. The van der Waals surface area contributed by atoms with Gasteiger partial charge in [0.05, 0.1) is 0 Å². The third-order valence-electron chi connectivity index (χ3n) is 2.77. The first-order valence-electron chi connectivity index (χ1n) is 6.59. The Bertz CT molecular complexity index is 636. The lowest BCUT2D eigenvalue weighted by atomic mass is 10.2. The van der Waals surface area contributed by atoms with Gasteiger partial charge in [-0.3, -0.25) is 4.79 Å². The van der Waals surface area contributed by atoms with Crippen molar-refractivity contribution in [3.05, 3.63) is 54.0 Å². The summed E-state index contributed by atoms with van der Waals surface area (Å²) in [6, 6.07) is 11.0. The minimum absolute atomic E-state index is 0.0900. The molecule has 21 heavy (non-hydrogen) atoms. The Morgan fingerprint density at radius 2 is 1.90 bits per heavy atom. The fraction of sp³-hybridized carbons (Fsp3) is 0.200. The van der Waals surface area contributed by atoms with E-state index in [2.05, 4.69) is 20.6 Å². The number of nitrogens with one attached hydrogen (secondary N) is 2. The van der Waals surface area contributed by atoms with E-state index in [-0.39, 0.29) is 11.6 Å². The quantitative estimate of drug-likeness (QED) is 0.784. The van der Waals surface area contributed by atoms with Crippen LogP contribution in [-0.2, 0) is 0 Å². The smallest absolute Gasteiger partial charge is 0.251 e. The van der Waals surface area contributed by atoms with Crippen LogP contribution >= 0.6 is 0 Å². The Morgan fingerprint density at radius 3 is 2.67 bits per heavy atom. The second-order valence-electron chi connectivity index (χ2n) is 4.27. The van der Waals surface area contributed by atoms with Crippen LogP contribution in [0.2, 0.25) is 0 Å². The molecule has 1 heterocycles. The summed E-state index contributed by atoms with van der Waals surface area (Å²) < 4.78 is 0. The van der Waals surface area contributed by atoms with Gasteiger partial charge in [-0.2, -0.15) is 5.26 Å². The average Bonchev–Trinajstić information content (AvgIpc) is 2.55. The number of nitrogens with zero attached hydrogens (tertiary/aromatic N) is 3. The molecule has 1 amide bonds. The fourth-order valence-electron chi connectivity index (χ4n) is 1.74. The van der Waals surface area contributed by atoms with Crippen molar-refractivity contribution in [1.29, 1.82) is 5.26 Å². The third kappa shape index (κ3) is 4.28. The maximum atomic E-state index is 11.8. The first-order chi connectivity index (χ1) is 10.3. The number of carbonyl (C=O) groups excluding carboxylic acids is 1. The summed E-state index contributed by atoms with van der Waals surface area (Å²) in [6.07, 6.45) is 3.73. The molecular formula is C15H15N5O. The topological polar surface area (TPSA) is 90.7 Å². The van der Waals surface area contributed by atoms with E-state index in [1.165, 1.54) is 12.4 Å². The molecule has 1 aromatic heterocycles. The normalized spacial score (nSPS) is 9.67. The Kier molecular flexibility index (Phi) is 5.24. The van der Waals surface area contributed by atoms with E-state index in [0.717, 1.165) is 6.42 Å². The molecular weight excluding hydrogens is 266 g/mol. The van der Waals surface area contributed by atoms with E-state index in [0.29, 0.717) is 24.5 Å². The lowest BCUT2D eigenvalue weighted by molar-refractivity contribution is 0.0953. The average molecular weight is 281 g/mol. The van der Waals surface area contributed by atoms with Gasteiger partial charge in [0.1, 0.15) is 6.07 Å². The van der Waals surface area contributed by atoms with E-state index in [1.807, 2.05) is 24.3 Å². The number of nitriles is 1. The van der Waals surface area contributed by atoms with Crippen molar-refractivity contribution < 1.29 is 4.79 Å². The molecule has 6 heteroatoms. The standard InChI is InChI=1S/C15H15N5O/c16-11-13-14(19-10-9-17-13)18-7-4-8-20-15(21)12-5-2-1-3-6-12/h1-3,5-6,9-10H,4,7-8H2,(H,18,19)(H,20,21).